The van der Waals surface area contributed by atoms with Crippen LogP contribution in [0.3, 0.4) is 0 Å². The molecule has 0 saturated carbocycles. The van der Waals surface area contributed by atoms with E-state index in [1.807, 2.05) is 24.3 Å². The monoisotopic (exact) mass is 664 g/mol. The van der Waals surface area contributed by atoms with Crippen LogP contribution in [0, 0.1) is 0 Å². The van der Waals surface area contributed by atoms with Crippen LogP contribution in [0.2, 0.25) is 0 Å². The molecule has 2 amide bonds. The van der Waals surface area contributed by atoms with Crippen molar-refractivity contribution < 1.29 is 19.4 Å². The molecular weight excluding hydrogens is 613 g/mol. The van der Waals surface area contributed by atoms with Crippen molar-refractivity contribution in [2.24, 2.45) is 5.73 Å². The number of aromatic nitrogens is 1. The van der Waals surface area contributed by atoms with Gasteiger partial charge in [0.05, 0.1) is 18.9 Å². The minimum Gasteiger partial charge on any atom is -0.497 e. The van der Waals surface area contributed by atoms with Crippen LogP contribution in [0.25, 0.3) is 10.2 Å². The molecule has 5 rings (SSSR count). The van der Waals surface area contributed by atoms with Crippen LogP contribution < -0.4 is 31.7 Å². The number of piperidine rings is 1. The zero-order valence-electron chi connectivity index (χ0n) is 25.1. The zero-order chi connectivity index (χ0) is 31.2. The molecule has 0 spiro atoms. The van der Waals surface area contributed by atoms with Crippen molar-refractivity contribution in [2.75, 3.05) is 37.4 Å². The second kappa shape index (κ2) is 17.7. The summed E-state index contributed by atoms with van der Waals surface area (Å²) < 4.78 is 5.24. The van der Waals surface area contributed by atoms with Gasteiger partial charge in [0.15, 0.2) is 0 Å². The summed E-state index contributed by atoms with van der Waals surface area (Å²) in [5.74, 6) is 0.940. The van der Waals surface area contributed by atoms with Crippen LogP contribution in [-0.4, -0.2) is 54.7 Å². The van der Waals surface area contributed by atoms with Gasteiger partial charge < -0.3 is 36.8 Å². The van der Waals surface area contributed by atoms with Gasteiger partial charge in [0.2, 0.25) is 0 Å². The van der Waals surface area contributed by atoms with Gasteiger partial charge in [-0.1, -0.05) is 59.9 Å². The first kappa shape index (κ1) is 39.0. The molecule has 7 N–H and O–H groups in total. The number of rotatable bonds is 12. The van der Waals surface area contributed by atoms with Gasteiger partial charge in [-0.25, -0.2) is 4.98 Å². The van der Waals surface area contributed by atoms with E-state index in [0.717, 1.165) is 77.2 Å². The molecule has 1 unspecified atom stereocenters. The fraction of sp³-hybridized carbons (Fsp3) is 0.417. The molecule has 1 atom stereocenters. The fourth-order valence-electron chi connectivity index (χ4n) is 5.63. The quantitative estimate of drug-likeness (QED) is 0.122. The van der Waals surface area contributed by atoms with E-state index in [4.69, 9.17) is 21.2 Å². The van der Waals surface area contributed by atoms with E-state index < -0.39 is 12.0 Å². The average molecular weight is 665 g/mol. The third-order valence-corrected chi connectivity index (χ3v) is 9.19. The Morgan fingerprint density at radius 2 is 1.81 bits per heavy atom. The number of nitrogens with two attached hydrogens (primary N) is 2. The first-order chi connectivity index (χ1) is 21.3. The molecule has 11 heteroatoms. The maximum absolute atomic E-state index is 12.6. The number of nitrogens with zero attached hydrogens (tertiary/aromatic N) is 2. The molecule has 1 aliphatic heterocycles. The van der Waals surface area contributed by atoms with E-state index in [-0.39, 0.29) is 34.2 Å². The smallest absolute Gasteiger partial charge is 0.260 e. The lowest BCUT2D eigenvalue weighted by molar-refractivity contribution is 0.0949. The number of hydrogen-bond donors (Lipinski definition) is 5. The summed E-state index contributed by atoms with van der Waals surface area (Å²) in [6, 6.07) is 17.0. The molecule has 0 bridgehead atoms. The predicted molar refractivity (Wildman–Crippen MR) is 196 cm³/mol. The molecule has 4 aromatic rings. The summed E-state index contributed by atoms with van der Waals surface area (Å²) in [7, 11) is 1.61. The van der Waals surface area contributed by atoms with Gasteiger partial charge in [0.1, 0.15) is 21.3 Å². The molecule has 47 heavy (non-hydrogen) atoms. The Hall–Kier alpha value is -4.19. The van der Waals surface area contributed by atoms with Crippen molar-refractivity contribution in [3.8, 4) is 5.75 Å². The van der Waals surface area contributed by atoms with E-state index in [9.17, 15) is 14.7 Å². The lowest BCUT2D eigenvalue weighted by Gasteiger charge is -2.34. The number of anilines is 2. The van der Waals surface area contributed by atoms with Gasteiger partial charge in [-0.2, -0.15) is 0 Å². The van der Waals surface area contributed by atoms with Gasteiger partial charge in [-0.15, -0.1) is 11.3 Å². The minimum atomic E-state index is -0.689. The Morgan fingerprint density at radius 1 is 1.11 bits per heavy atom. The molecule has 2 aromatic heterocycles. The Balaban J connectivity index is 0.00000256. The van der Waals surface area contributed by atoms with Crippen LogP contribution >= 0.6 is 11.3 Å². The molecule has 10 nitrogen and oxygen atoms in total. The highest BCUT2D eigenvalue weighted by Crippen LogP contribution is 2.37. The second-order valence-corrected chi connectivity index (χ2v) is 12.1. The van der Waals surface area contributed by atoms with E-state index in [1.54, 1.807) is 31.4 Å². The summed E-state index contributed by atoms with van der Waals surface area (Å²) in [5, 5.41) is 18.1. The maximum atomic E-state index is 12.6. The van der Waals surface area contributed by atoms with Crippen LogP contribution in [0.15, 0.2) is 54.6 Å². The molecule has 1 aliphatic rings. The number of carbonyl (C=O) groups is 2. The van der Waals surface area contributed by atoms with Gasteiger partial charge >= 0.3 is 0 Å². The third kappa shape index (κ3) is 9.21. The topological polar surface area (TPSA) is 156 Å². The van der Waals surface area contributed by atoms with Crippen molar-refractivity contribution in [3.63, 3.8) is 0 Å². The predicted octanol–water partition coefficient (Wildman–Crippen LogP) is 6.07. The average Bonchev–Trinajstić information content (AvgIpc) is 3.39. The summed E-state index contributed by atoms with van der Waals surface area (Å²) in [4.78, 5) is 32.8. The van der Waals surface area contributed by atoms with E-state index >= 15 is 0 Å². The number of nitrogen functional groups attached to an aromatic ring is 1. The molecule has 1 saturated heterocycles. The van der Waals surface area contributed by atoms with Gasteiger partial charge in [-0.05, 0) is 66.3 Å². The Kier molecular flexibility index (Phi) is 14.6. The van der Waals surface area contributed by atoms with E-state index in [1.165, 1.54) is 11.3 Å². The van der Waals surface area contributed by atoms with Crippen LogP contribution in [0.1, 0.15) is 91.3 Å². The molecule has 1 fully saturated rings. The molecular formula is C36H52N6O4S. The Labute approximate surface area is 283 Å². The highest BCUT2D eigenvalue weighted by molar-refractivity contribution is 7.21. The van der Waals surface area contributed by atoms with Gasteiger partial charge in [0.25, 0.3) is 11.8 Å². The number of benzene rings is 2. The Morgan fingerprint density at radius 3 is 2.45 bits per heavy atom. The summed E-state index contributed by atoms with van der Waals surface area (Å²) in [6.07, 6.45) is 2.92. The lowest BCUT2D eigenvalue weighted by atomic mass is 10.0. The highest BCUT2D eigenvalue weighted by Gasteiger charge is 2.24. The summed E-state index contributed by atoms with van der Waals surface area (Å²) in [6.45, 7) is 4.57. The number of fused-ring (bicyclic) bond motifs is 1. The van der Waals surface area contributed by atoms with E-state index in [0.29, 0.717) is 29.2 Å². The number of aliphatic hydroxyl groups is 1. The molecule has 2 aromatic carbocycles. The number of amides is 2. The zero-order valence-corrected chi connectivity index (χ0v) is 26.0. The highest BCUT2D eigenvalue weighted by atomic mass is 32.1. The molecule has 0 radical (unpaired) electrons. The van der Waals surface area contributed by atoms with E-state index in [2.05, 4.69) is 28.5 Å². The number of hydrogen-bond acceptors (Lipinski definition) is 9. The first-order valence-corrected chi connectivity index (χ1v) is 15.8. The van der Waals surface area contributed by atoms with Crippen LogP contribution in [0.4, 0.5) is 11.5 Å². The number of primary amides is 1. The van der Waals surface area contributed by atoms with Crippen LogP contribution in [0.5, 0.6) is 5.75 Å². The maximum Gasteiger partial charge on any atom is 0.260 e. The van der Waals surface area contributed by atoms with Gasteiger partial charge in [0, 0.05) is 43.2 Å². The van der Waals surface area contributed by atoms with Crippen molar-refractivity contribution in [1.29, 1.82) is 0 Å². The summed E-state index contributed by atoms with van der Waals surface area (Å²) >= 11 is 1.26. The third-order valence-electron chi connectivity index (χ3n) is 8.07. The molecule has 0 aliphatic carbocycles. The van der Waals surface area contributed by atoms with Crippen molar-refractivity contribution >= 4 is 44.9 Å². The first-order valence-electron chi connectivity index (χ1n) is 15.0. The number of aliphatic hydroxyl groups excluding tert-OH is 1. The van der Waals surface area contributed by atoms with Crippen molar-refractivity contribution in [2.45, 2.75) is 73.6 Å². The number of nitrogens with one attached hydrogen (secondary N) is 2. The normalized spacial score (nSPS) is 13.6. The molecule has 3 heterocycles. The standard InChI is InChI=1S/C33H40N6O4S.3CH4/c1-3-5-23-17-27(38-33-28(23)29(34)30(44-33)31(35)41)39-14-12-24(13-15-39)36-19-26(40)21-8-10-22(11-9-21)32(42)37-18-20-6-4-7-25(16-20)43-2;;;/h4,6-11,16-17,24,26,36,40H,3,5,12-15,18-19,34H2,1-2H3,(H2,35,41)(H,37,42);3*1H4. The Bertz CT molecular complexity index is 1620. The molecule has 256 valence electrons. The number of carbonyl (C=O) groups excluding carboxylic acids is 2. The SMILES string of the molecule is C.C.C.CCCc1cc(N2CCC(NCC(O)c3ccc(C(=O)NCc4cccc(OC)c4)cc3)CC2)nc2sc(C(N)=O)c(N)c12. The number of aryl methyl sites for hydroxylation is 1. The minimum absolute atomic E-state index is 0. The van der Waals surface area contributed by atoms with Crippen molar-refractivity contribution in [1.82, 2.24) is 15.6 Å². The van der Waals surface area contributed by atoms with Crippen molar-refractivity contribution in [3.05, 3.63) is 81.7 Å². The largest absolute Gasteiger partial charge is 0.497 e. The second-order valence-electron chi connectivity index (χ2n) is 11.1. The summed E-state index contributed by atoms with van der Waals surface area (Å²) in [5.41, 5.74) is 15.6. The number of ether oxygens (including phenoxy) is 1. The number of methoxy groups -OCH3 is 1. The van der Waals surface area contributed by atoms with Gasteiger partial charge in [-0.3, -0.25) is 9.59 Å². The van der Waals surface area contributed by atoms with Crippen LogP contribution in [-0.2, 0) is 13.0 Å². The fourth-order valence-corrected chi connectivity index (χ4v) is 6.62. The number of thiophene rings is 1. The lowest BCUT2D eigenvalue weighted by Crippen LogP contribution is -2.44. The number of pyridine rings is 1.